The van der Waals surface area contributed by atoms with E-state index in [2.05, 4.69) is 22.1 Å². The number of ether oxygens (including phenoxy) is 1. The van der Waals surface area contributed by atoms with Crippen molar-refractivity contribution >= 4 is 0 Å². The zero-order valence-electron chi connectivity index (χ0n) is 10.7. The summed E-state index contributed by atoms with van der Waals surface area (Å²) in [6, 6.07) is 12.0. The molecule has 1 aromatic heterocycles. The van der Waals surface area contributed by atoms with Crippen LogP contribution in [0.2, 0.25) is 0 Å². The van der Waals surface area contributed by atoms with Crippen LogP contribution in [0.4, 0.5) is 0 Å². The highest BCUT2D eigenvalue weighted by Crippen LogP contribution is 2.53. The van der Waals surface area contributed by atoms with Gasteiger partial charge in [0.25, 0.3) is 0 Å². The number of hydrogen-bond donors (Lipinski definition) is 1. The fraction of sp³-hybridized carbons (Fsp3) is 0.333. The molecule has 2 aromatic rings. The van der Waals surface area contributed by atoms with Crippen LogP contribution >= 0.6 is 0 Å². The lowest BCUT2D eigenvalue weighted by Gasteiger charge is -2.10. The Balaban J connectivity index is 1.74. The number of hydrogen-bond acceptors (Lipinski definition) is 4. The van der Waals surface area contributed by atoms with E-state index in [0.717, 1.165) is 6.42 Å². The molecule has 1 N–H and O–H groups in total. The third-order valence-corrected chi connectivity index (χ3v) is 3.65. The summed E-state index contributed by atoms with van der Waals surface area (Å²) in [4.78, 5) is 8.09. The quantitative estimate of drug-likeness (QED) is 0.912. The molecule has 1 aliphatic carbocycles. The van der Waals surface area contributed by atoms with Crippen molar-refractivity contribution in [3.05, 3.63) is 54.0 Å². The second-order valence-electron chi connectivity index (χ2n) is 4.85. The van der Waals surface area contributed by atoms with Crippen LogP contribution in [0.15, 0.2) is 42.7 Å². The number of aliphatic hydroxyl groups excluding tert-OH is 1. The molecule has 0 bridgehead atoms. The Bertz CT molecular complexity index is 559. The predicted molar refractivity (Wildman–Crippen MR) is 70.8 cm³/mol. The average molecular weight is 256 g/mol. The van der Waals surface area contributed by atoms with Crippen molar-refractivity contribution in [3.63, 3.8) is 0 Å². The molecule has 3 unspecified atom stereocenters. The maximum atomic E-state index is 10.4. The lowest BCUT2D eigenvalue weighted by atomic mass is 10.1. The van der Waals surface area contributed by atoms with Crippen LogP contribution in [-0.4, -0.2) is 22.2 Å². The Kier molecular flexibility index (Phi) is 3.17. The van der Waals surface area contributed by atoms with Crippen molar-refractivity contribution in [1.82, 2.24) is 9.97 Å². The minimum absolute atomic E-state index is 0.238. The van der Waals surface area contributed by atoms with E-state index in [1.807, 2.05) is 18.2 Å². The molecular weight excluding hydrogens is 240 g/mol. The fourth-order valence-corrected chi connectivity index (χ4v) is 2.49. The van der Waals surface area contributed by atoms with Crippen molar-refractivity contribution < 1.29 is 9.84 Å². The lowest BCUT2D eigenvalue weighted by molar-refractivity contribution is 0.146. The molecular formula is C15H16N2O2. The average Bonchev–Trinajstić information content (AvgIpc) is 3.28. The van der Waals surface area contributed by atoms with Gasteiger partial charge in [-0.15, -0.1) is 0 Å². The van der Waals surface area contributed by atoms with Crippen molar-refractivity contribution in [2.24, 2.45) is 5.92 Å². The number of rotatable bonds is 4. The molecule has 0 aliphatic heterocycles. The summed E-state index contributed by atoms with van der Waals surface area (Å²) in [6.45, 7) is 0. The number of aromatic nitrogens is 2. The first-order valence-electron chi connectivity index (χ1n) is 6.38. The molecule has 0 amide bonds. The lowest BCUT2D eigenvalue weighted by Crippen LogP contribution is -2.05. The van der Waals surface area contributed by atoms with Gasteiger partial charge >= 0.3 is 0 Å². The molecule has 3 rings (SSSR count). The second-order valence-corrected chi connectivity index (χ2v) is 4.85. The maximum absolute atomic E-state index is 10.4. The Morgan fingerprint density at radius 2 is 2.05 bits per heavy atom. The van der Waals surface area contributed by atoms with Gasteiger partial charge in [-0.25, -0.2) is 9.97 Å². The SMILES string of the molecule is COc1cc(C(O)C2CC2c2ccccc2)ncn1. The zero-order chi connectivity index (χ0) is 13.2. The summed E-state index contributed by atoms with van der Waals surface area (Å²) in [7, 11) is 1.56. The Morgan fingerprint density at radius 1 is 1.26 bits per heavy atom. The van der Waals surface area contributed by atoms with Gasteiger partial charge < -0.3 is 9.84 Å². The molecule has 1 aromatic carbocycles. The van der Waals surface area contributed by atoms with Gasteiger partial charge in [-0.3, -0.25) is 0 Å². The van der Waals surface area contributed by atoms with E-state index in [9.17, 15) is 5.11 Å². The molecule has 1 saturated carbocycles. The normalized spacial score (nSPS) is 22.8. The molecule has 4 nitrogen and oxygen atoms in total. The van der Waals surface area contributed by atoms with Gasteiger partial charge in [0.1, 0.15) is 6.33 Å². The summed E-state index contributed by atoms with van der Waals surface area (Å²) in [5, 5.41) is 10.4. The highest BCUT2D eigenvalue weighted by Gasteiger charge is 2.44. The predicted octanol–water partition coefficient (Wildman–Crippen LogP) is 2.32. The van der Waals surface area contributed by atoms with Gasteiger partial charge in [0.05, 0.1) is 18.9 Å². The van der Waals surface area contributed by atoms with Gasteiger partial charge in [0.2, 0.25) is 5.88 Å². The van der Waals surface area contributed by atoms with Crippen LogP contribution in [0.1, 0.15) is 29.7 Å². The van der Waals surface area contributed by atoms with Crippen molar-refractivity contribution in [1.29, 1.82) is 0 Å². The fourth-order valence-electron chi connectivity index (χ4n) is 2.49. The Hall–Kier alpha value is -1.94. The van der Waals surface area contributed by atoms with Crippen LogP contribution in [0.5, 0.6) is 5.88 Å². The molecule has 1 heterocycles. The summed E-state index contributed by atoms with van der Waals surface area (Å²) in [5.74, 6) is 1.15. The highest BCUT2D eigenvalue weighted by atomic mass is 16.5. The van der Waals surface area contributed by atoms with Gasteiger partial charge in [0, 0.05) is 6.07 Å². The third-order valence-electron chi connectivity index (χ3n) is 3.65. The maximum Gasteiger partial charge on any atom is 0.216 e. The molecule has 3 atom stereocenters. The van der Waals surface area contributed by atoms with Crippen molar-refractivity contribution in [2.75, 3.05) is 7.11 Å². The molecule has 0 spiro atoms. The molecule has 19 heavy (non-hydrogen) atoms. The largest absolute Gasteiger partial charge is 0.481 e. The van der Waals surface area contributed by atoms with E-state index in [0.29, 0.717) is 17.5 Å². The van der Waals surface area contributed by atoms with Gasteiger partial charge in [-0.2, -0.15) is 0 Å². The Labute approximate surface area is 112 Å². The van der Waals surface area contributed by atoms with E-state index < -0.39 is 6.10 Å². The van der Waals surface area contributed by atoms with Crippen LogP contribution in [0.3, 0.4) is 0 Å². The zero-order valence-corrected chi connectivity index (χ0v) is 10.7. The summed E-state index contributed by atoms with van der Waals surface area (Å²) in [5.41, 5.74) is 1.92. The topological polar surface area (TPSA) is 55.2 Å². The van der Waals surface area contributed by atoms with Crippen molar-refractivity contribution in [3.8, 4) is 5.88 Å². The van der Waals surface area contributed by atoms with Crippen LogP contribution < -0.4 is 4.74 Å². The van der Waals surface area contributed by atoms with Gasteiger partial charge in [0.15, 0.2) is 0 Å². The summed E-state index contributed by atoms with van der Waals surface area (Å²) >= 11 is 0. The monoisotopic (exact) mass is 256 g/mol. The minimum Gasteiger partial charge on any atom is -0.481 e. The van der Waals surface area contributed by atoms with Crippen LogP contribution in [-0.2, 0) is 0 Å². The molecule has 1 aliphatic rings. The number of methoxy groups -OCH3 is 1. The number of nitrogens with zero attached hydrogens (tertiary/aromatic N) is 2. The summed E-state index contributed by atoms with van der Waals surface area (Å²) < 4.78 is 5.05. The first kappa shape index (κ1) is 12.1. The minimum atomic E-state index is -0.554. The highest BCUT2D eigenvalue weighted by molar-refractivity contribution is 5.28. The number of benzene rings is 1. The summed E-state index contributed by atoms with van der Waals surface area (Å²) in [6.07, 6.45) is 1.87. The van der Waals surface area contributed by atoms with Gasteiger partial charge in [-0.1, -0.05) is 30.3 Å². The van der Waals surface area contributed by atoms with Crippen LogP contribution in [0, 0.1) is 5.92 Å². The Morgan fingerprint density at radius 3 is 2.79 bits per heavy atom. The molecule has 0 saturated heterocycles. The van der Waals surface area contributed by atoms with Crippen molar-refractivity contribution in [2.45, 2.75) is 18.4 Å². The molecule has 0 radical (unpaired) electrons. The second kappa shape index (κ2) is 4.97. The first-order valence-corrected chi connectivity index (χ1v) is 6.38. The van der Waals surface area contributed by atoms with E-state index in [1.165, 1.54) is 11.9 Å². The van der Waals surface area contributed by atoms with E-state index in [-0.39, 0.29) is 5.92 Å². The third kappa shape index (κ3) is 2.44. The molecule has 1 fully saturated rings. The van der Waals surface area contributed by atoms with E-state index in [1.54, 1.807) is 13.2 Å². The van der Waals surface area contributed by atoms with E-state index >= 15 is 0 Å². The first-order chi connectivity index (χ1) is 9.29. The van der Waals surface area contributed by atoms with E-state index in [4.69, 9.17) is 4.74 Å². The van der Waals surface area contributed by atoms with Gasteiger partial charge in [-0.05, 0) is 23.8 Å². The molecule has 4 heteroatoms. The standard InChI is InChI=1S/C15H16N2O2/c1-19-14-8-13(16-9-17-14)15(18)12-7-11(12)10-5-3-2-4-6-10/h2-6,8-9,11-12,15,18H,7H2,1H3. The van der Waals surface area contributed by atoms with Crippen LogP contribution in [0.25, 0.3) is 0 Å². The molecule has 98 valence electrons. The number of aliphatic hydroxyl groups is 1. The smallest absolute Gasteiger partial charge is 0.216 e.